The van der Waals surface area contributed by atoms with Gasteiger partial charge < -0.3 is 10.5 Å². The average molecular weight is 335 g/mol. The van der Waals surface area contributed by atoms with E-state index in [4.69, 9.17) is 10.5 Å². The SMILES string of the molecule is COc1ccccc1CN(C)Cc1cc(N)cc(Br)c1. The molecule has 4 heteroatoms. The molecule has 3 nitrogen and oxygen atoms in total. The third-order valence-electron chi connectivity index (χ3n) is 3.07. The molecule has 0 spiro atoms. The van der Waals surface area contributed by atoms with Crippen molar-refractivity contribution in [3.63, 3.8) is 0 Å². The Balaban J connectivity index is 2.07. The van der Waals surface area contributed by atoms with Crippen LogP contribution in [0.25, 0.3) is 0 Å². The first-order valence-electron chi connectivity index (χ1n) is 6.44. The second kappa shape index (κ2) is 6.77. The highest BCUT2D eigenvalue weighted by molar-refractivity contribution is 9.10. The minimum Gasteiger partial charge on any atom is -0.496 e. The number of nitrogens with zero attached hydrogens (tertiary/aromatic N) is 1. The van der Waals surface area contributed by atoms with Gasteiger partial charge in [-0.15, -0.1) is 0 Å². The molecule has 0 fully saturated rings. The van der Waals surface area contributed by atoms with Crippen LogP contribution >= 0.6 is 15.9 Å². The average Bonchev–Trinajstić information content (AvgIpc) is 2.37. The number of para-hydroxylation sites is 1. The summed E-state index contributed by atoms with van der Waals surface area (Å²) in [5.41, 5.74) is 9.01. The van der Waals surface area contributed by atoms with E-state index in [0.29, 0.717) is 0 Å². The van der Waals surface area contributed by atoms with Gasteiger partial charge in [0.1, 0.15) is 5.75 Å². The lowest BCUT2D eigenvalue weighted by Gasteiger charge is -2.19. The van der Waals surface area contributed by atoms with Gasteiger partial charge in [0.05, 0.1) is 7.11 Å². The number of ether oxygens (including phenoxy) is 1. The van der Waals surface area contributed by atoms with Crippen LogP contribution in [0.1, 0.15) is 11.1 Å². The van der Waals surface area contributed by atoms with Crippen LogP contribution in [0.3, 0.4) is 0 Å². The Bertz CT molecular complexity index is 566. The van der Waals surface area contributed by atoms with Crippen molar-refractivity contribution in [1.29, 1.82) is 0 Å². The summed E-state index contributed by atoms with van der Waals surface area (Å²) in [6.45, 7) is 1.66. The maximum Gasteiger partial charge on any atom is 0.123 e. The number of nitrogen functional groups attached to an aromatic ring is 1. The zero-order valence-electron chi connectivity index (χ0n) is 11.8. The molecule has 0 unspecified atom stereocenters. The van der Waals surface area contributed by atoms with E-state index in [1.165, 1.54) is 11.1 Å². The highest BCUT2D eigenvalue weighted by Gasteiger charge is 2.07. The minimum absolute atomic E-state index is 0.778. The van der Waals surface area contributed by atoms with Crippen molar-refractivity contribution in [3.8, 4) is 5.75 Å². The second-order valence-electron chi connectivity index (χ2n) is 4.88. The number of anilines is 1. The minimum atomic E-state index is 0.778. The summed E-state index contributed by atoms with van der Waals surface area (Å²) in [4.78, 5) is 2.24. The van der Waals surface area contributed by atoms with Gasteiger partial charge >= 0.3 is 0 Å². The predicted octanol–water partition coefficient (Wildman–Crippen LogP) is 3.67. The van der Waals surface area contributed by atoms with E-state index in [-0.39, 0.29) is 0 Å². The zero-order chi connectivity index (χ0) is 14.5. The number of nitrogens with two attached hydrogens (primary N) is 1. The van der Waals surface area contributed by atoms with Crippen LogP contribution in [0.4, 0.5) is 5.69 Å². The number of halogens is 1. The van der Waals surface area contributed by atoms with Crippen molar-refractivity contribution in [2.75, 3.05) is 19.9 Å². The first-order chi connectivity index (χ1) is 9.58. The van der Waals surface area contributed by atoms with E-state index in [2.05, 4.69) is 40.0 Å². The van der Waals surface area contributed by atoms with E-state index in [9.17, 15) is 0 Å². The number of benzene rings is 2. The predicted molar refractivity (Wildman–Crippen MR) is 86.7 cm³/mol. The molecule has 2 aromatic rings. The molecule has 106 valence electrons. The molecule has 0 aliphatic rings. The Kier molecular flexibility index (Phi) is 5.04. The van der Waals surface area contributed by atoms with E-state index in [0.717, 1.165) is 29.0 Å². The van der Waals surface area contributed by atoms with E-state index in [1.807, 2.05) is 30.3 Å². The molecule has 0 radical (unpaired) electrons. The van der Waals surface area contributed by atoms with Gasteiger partial charge in [-0.3, -0.25) is 4.90 Å². The van der Waals surface area contributed by atoms with Gasteiger partial charge in [0.2, 0.25) is 0 Å². The molecular weight excluding hydrogens is 316 g/mol. The van der Waals surface area contributed by atoms with Crippen LogP contribution in [-0.4, -0.2) is 19.1 Å². The summed E-state index contributed by atoms with van der Waals surface area (Å²) in [7, 11) is 3.79. The van der Waals surface area contributed by atoms with Gasteiger partial charge in [0, 0.05) is 28.8 Å². The monoisotopic (exact) mass is 334 g/mol. The molecule has 2 N–H and O–H groups in total. The van der Waals surface area contributed by atoms with Crippen LogP contribution in [0.5, 0.6) is 5.75 Å². The third-order valence-corrected chi connectivity index (χ3v) is 3.52. The van der Waals surface area contributed by atoms with Gasteiger partial charge in [0.25, 0.3) is 0 Å². The van der Waals surface area contributed by atoms with Crippen molar-refractivity contribution in [1.82, 2.24) is 4.90 Å². The highest BCUT2D eigenvalue weighted by atomic mass is 79.9. The fraction of sp³-hybridized carbons (Fsp3) is 0.250. The molecule has 2 aromatic carbocycles. The lowest BCUT2D eigenvalue weighted by Crippen LogP contribution is -2.17. The molecule has 0 aliphatic heterocycles. The summed E-state index contributed by atoms with van der Waals surface area (Å²) < 4.78 is 6.39. The van der Waals surface area contributed by atoms with Gasteiger partial charge in [-0.1, -0.05) is 34.1 Å². The number of methoxy groups -OCH3 is 1. The van der Waals surface area contributed by atoms with Crippen LogP contribution < -0.4 is 10.5 Å². The Hall–Kier alpha value is -1.52. The first-order valence-corrected chi connectivity index (χ1v) is 7.23. The van der Waals surface area contributed by atoms with Crippen molar-refractivity contribution in [3.05, 3.63) is 58.1 Å². The summed E-state index contributed by atoms with van der Waals surface area (Å²) in [6, 6.07) is 14.1. The summed E-state index contributed by atoms with van der Waals surface area (Å²) in [5, 5.41) is 0. The topological polar surface area (TPSA) is 38.5 Å². The van der Waals surface area contributed by atoms with Crippen molar-refractivity contribution >= 4 is 21.6 Å². The van der Waals surface area contributed by atoms with Gasteiger partial charge in [-0.05, 0) is 36.9 Å². The fourth-order valence-corrected chi connectivity index (χ4v) is 2.82. The third kappa shape index (κ3) is 3.99. The van der Waals surface area contributed by atoms with Crippen molar-refractivity contribution < 1.29 is 4.74 Å². The Morgan fingerprint density at radius 2 is 1.90 bits per heavy atom. The largest absolute Gasteiger partial charge is 0.496 e. The molecule has 0 atom stereocenters. The highest BCUT2D eigenvalue weighted by Crippen LogP contribution is 2.21. The van der Waals surface area contributed by atoms with Crippen LogP contribution in [-0.2, 0) is 13.1 Å². The molecule has 2 rings (SSSR count). The molecule has 0 amide bonds. The number of hydrogen-bond donors (Lipinski definition) is 1. The van der Waals surface area contributed by atoms with Crippen LogP contribution in [0.2, 0.25) is 0 Å². The number of hydrogen-bond acceptors (Lipinski definition) is 3. The summed E-state index contributed by atoms with van der Waals surface area (Å²) >= 11 is 3.47. The van der Waals surface area contributed by atoms with Crippen LogP contribution in [0, 0.1) is 0 Å². The lowest BCUT2D eigenvalue weighted by atomic mass is 10.1. The van der Waals surface area contributed by atoms with Crippen molar-refractivity contribution in [2.45, 2.75) is 13.1 Å². The standard InChI is InChI=1S/C16H19BrN2O/c1-19(10-12-7-14(17)9-15(18)8-12)11-13-5-3-4-6-16(13)20-2/h3-9H,10-11,18H2,1-2H3. The maximum absolute atomic E-state index is 5.86. The number of rotatable bonds is 5. The molecule has 0 saturated carbocycles. The Morgan fingerprint density at radius 3 is 2.60 bits per heavy atom. The molecule has 0 bridgehead atoms. The maximum atomic E-state index is 5.86. The lowest BCUT2D eigenvalue weighted by molar-refractivity contribution is 0.310. The first kappa shape index (κ1) is 14.9. The van der Waals surface area contributed by atoms with E-state index in [1.54, 1.807) is 7.11 Å². The summed E-state index contributed by atoms with van der Waals surface area (Å²) in [6.07, 6.45) is 0. The van der Waals surface area contributed by atoms with Crippen molar-refractivity contribution in [2.24, 2.45) is 0 Å². The van der Waals surface area contributed by atoms with Crippen LogP contribution in [0.15, 0.2) is 46.9 Å². The molecule has 0 heterocycles. The smallest absolute Gasteiger partial charge is 0.123 e. The Labute approximate surface area is 128 Å². The summed E-state index contributed by atoms with van der Waals surface area (Å²) in [5.74, 6) is 0.924. The zero-order valence-corrected chi connectivity index (χ0v) is 13.4. The normalized spacial score (nSPS) is 10.8. The van der Waals surface area contributed by atoms with E-state index >= 15 is 0 Å². The molecular formula is C16H19BrN2O. The van der Waals surface area contributed by atoms with Gasteiger partial charge in [-0.2, -0.15) is 0 Å². The van der Waals surface area contributed by atoms with Gasteiger partial charge in [-0.25, -0.2) is 0 Å². The van der Waals surface area contributed by atoms with Gasteiger partial charge in [0.15, 0.2) is 0 Å². The molecule has 20 heavy (non-hydrogen) atoms. The molecule has 0 aromatic heterocycles. The molecule has 0 aliphatic carbocycles. The second-order valence-corrected chi connectivity index (χ2v) is 5.79. The fourth-order valence-electron chi connectivity index (χ4n) is 2.26. The quantitative estimate of drug-likeness (QED) is 0.848. The molecule has 0 saturated heterocycles. The van der Waals surface area contributed by atoms with E-state index < -0.39 is 0 Å². The Morgan fingerprint density at radius 1 is 1.15 bits per heavy atom.